The van der Waals surface area contributed by atoms with Crippen LogP contribution < -0.4 is 10.1 Å². The van der Waals surface area contributed by atoms with Gasteiger partial charge in [-0.05, 0) is 30.0 Å². The fourth-order valence-electron chi connectivity index (χ4n) is 1.99. The Kier molecular flexibility index (Phi) is 7.27. The molecule has 1 aromatic carbocycles. The molecule has 1 aromatic rings. The molecule has 0 saturated carbocycles. The van der Waals surface area contributed by atoms with E-state index < -0.39 is 0 Å². The second-order valence-electron chi connectivity index (χ2n) is 6.80. The van der Waals surface area contributed by atoms with E-state index in [0.717, 1.165) is 22.6 Å². The van der Waals surface area contributed by atoms with Gasteiger partial charge in [0.15, 0.2) is 6.61 Å². The van der Waals surface area contributed by atoms with E-state index in [2.05, 4.69) is 52.1 Å². The number of hydrogen-bond acceptors (Lipinski definition) is 3. The lowest BCUT2D eigenvalue weighted by Crippen LogP contribution is -2.31. The first-order valence-corrected chi connectivity index (χ1v) is 8.81. The zero-order chi connectivity index (χ0) is 16.8. The maximum atomic E-state index is 11.9. The van der Waals surface area contributed by atoms with Gasteiger partial charge in [0, 0.05) is 17.0 Å². The van der Waals surface area contributed by atoms with Crippen molar-refractivity contribution in [3.63, 3.8) is 0 Å². The number of rotatable bonds is 7. The van der Waals surface area contributed by atoms with E-state index in [1.807, 2.05) is 24.8 Å². The average molecular weight is 324 g/mol. The minimum absolute atomic E-state index is 0.0641. The van der Waals surface area contributed by atoms with Crippen molar-refractivity contribution in [2.75, 3.05) is 18.9 Å². The van der Waals surface area contributed by atoms with Crippen LogP contribution in [0.3, 0.4) is 0 Å². The summed E-state index contributed by atoms with van der Waals surface area (Å²) in [6.07, 6.45) is 0. The molecule has 1 amide bonds. The summed E-state index contributed by atoms with van der Waals surface area (Å²) in [5, 5.41) is 2.90. The van der Waals surface area contributed by atoms with Gasteiger partial charge in [-0.15, -0.1) is 0 Å². The maximum Gasteiger partial charge on any atom is 0.257 e. The van der Waals surface area contributed by atoms with Crippen LogP contribution in [-0.4, -0.2) is 29.6 Å². The van der Waals surface area contributed by atoms with Crippen LogP contribution in [0.1, 0.15) is 51.7 Å². The number of aryl methyl sites for hydroxylation is 1. The van der Waals surface area contributed by atoms with Crippen molar-refractivity contribution in [2.45, 2.75) is 52.2 Å². The summed E-state index contributed by atoms with van der Waals surface area (Å²) in [7, 11) is 0. The van der Waals surface area contributed by atoms with Crippen molar-refractivity contribution in [3.8, 4) is 5.75 Å². The Hall–Kier alpha value is -1.16. The lowest BCUT2D eigenvalue weighted by atomic mass is 10.0. The fourth-order valence-corrected chi connectivity index (χ4v) is 2.80. The highest BCUT2D eigenvalue weighted by Gasteiger charge is 2.12. The molecule has 0 radical (unpaired) electrons. The van der Waals surface area contributed by atoms with Gasteiger partial charge < -0.3 is 10.1 Å². The quantitative estimate of drug-likeness (QED) is 0.766. The number of nitrogens with one attached hydrogen (secondary N) is 1. The summed E-state index contributed by atoms with van der Waals surface area (Å²) < 4.78 is 5.95. The maximum absolute atomic E-state index is 11.9. The molecule has 0 aliphatic carbocycles. The molecule has 4 heteroatoms. The van der Waals surface area contributed by atoms with Crippen LogP contribution in [0.2, 0.25) is 0 Å². The molecule has 3 nitrogen and oxygen atoms in total. The summed E-state index contributed by atoms with van der Waals surface area (Å²) in [6.45, 7) is 13.6. The Morgan fingerprint density at radius 1 is 1.32 bits per heavy atom. The highest BCUT2D eigenvalue weighted by Crippen LogP contribution is 2.27. The van der Waals surface area contributed by atoms with E-state index in [1.165, 1.54) is 0 Å². The van der Waals surface area contributed by atoms with Crippen molar-refractivity contribution in [1.82, 2.24) is 5.32 Å². The van der Waals surface area contributed by atoms with Gasteiger partial charge in [-0.25, -0.2) is 0 Å². The number of carbonyl (C=O) groups is 1. The van der Waals surface area contributed by atoms with Crippen molar-refractivity contribution in [3.05, 3.63) is 29.3 Å². The minimum Gasteiger partial charge on any atom is -0.483 e. The summed E-state index contributed by atoms with van der Waals surface area (Å²) in [5.41, 5.74) is 2.28. The molecule has 0 heterocycles. The smallest absolute Gasteiger partial charge is 0.257 e. The highest BCUT2D eigenvalue weighted by atomic mass is 32.2. The van der Waals surface area contributed by atoms with Gasteiger partial charge >= 0.3 is 0 Å². The van der Waals surface area contributed by atoms with Crippen LogP contribution in [0.25, 0.3) is 0 Å². The van der Waals surface area contributed by atoms with Gasteiger partial charge in [0.05, 0.1) is 0 Å². The Balaban J connectivity index is 2.43. The van der Waals surface area contributed by atoms with Crippen LogP contribution >= 0.6 is 11.8 Å². The van der Waals surface area contributed by atoms with Crippen molar-refractivity contribution < 1.29 is 9.53 Å². The second-order valence-corrected chi connectivity index (χ2v) is 8.72. The topological polar surface area (TPSA) is 38.3 Å². The molecule has 1 N–H and O–H groups in total. The second kappa shape index (κ2) is 8.47. The third-order valence-corrected chi connectivity index (χ3v) is 4.38. The first-order valence-electron chi connectivity index (χ1n) is 7.83. The fraction of sp³-hybridized carbons (Fsp3) is 0.611. The molecule has 0 bridgehead atoms. The van der Waals surface area contributed by atoms with Gasteiger partial charge in [0.1, 0.15) is 5.75 Å². The number of hydrogen-bond donors (Lipinski definition) is 1. The first kappa shape index (κ1) is 18.9. The first-order chi connectivity index (χ1) is 10.2. The highest BCUT2D eigenvalue weighted by molar-refractivity contribution is 8.00. The van der Waals surface area contributed by atoms with Crippen LogP contribution in [0.5, 0.6) is 5.75 Å². The third-order valence-electron chi connectivity index (χ3n) is 3.11. The molecule has 0 fully saturated rings. The average Bonchev–Trinajstić information content (AvgIpc) is 2.40. The van der Waals surface area contributed by atoms with E-state index in [4.69, 9.17) is 4.74 Å². The molecule has 22 heavy (non-hydrogen) atoms. The molecule has 124 valence electrons. The van der Waals surface area contributed by atoms with Gasteiger partial charge in [-0.1, -0.05) is 46.8 Å². The zero-order valence-corrected chi connectivity index (χ0v) is 15.5. The molecular weight excluding hydrogens is 294 g/mol. The predicted molar refractivity (Wildman–Crippen MR) is 96.0 cm³/mol. The minimum atomic E-state index is -0.0641. The van der Waals surface area contributed by atoms with Crippen molar-refractivity contribution in [2.24, 2.45) is 0 Å². The van der Waals surface area contributed by atoms with E-state index in [0.29, 0.717) is 12.5 Å². The van der Waals surface area contributed by atoms with Gasteiger partial charge in [-0.3, -0.25) is 4.79 Å². The van der Waals surface area contributed by atoms with E-state index >= 15 is 0 Å². The Morgan fingerprint density at radius 3 is 2.59 bits per heavy atom. The van der Waals surface area contributed by atoms with Crippen molar-refractivity contribution >= 4 is 17.7 Å². The van der Waals surface area contributed by atoms with Crippen molar-refractivity contribution in [1.29, 1.82) is 0 Å². The molecule has 0 unspecified atom stereocenters. The van der Waals surface area contributed by atoms with Crippen LogP contribution in [0, 0.1) is 6.92 Å². The Morgan fingerprint density at radius 2 is 2.00 bits per heavy atom. The summed E-state index contributed by atoms with van der Waals surface area (Å²) in [4.78, 5) is 11.9. The molecular formula is C18H29NO2S. The number of benzene rings is 1. The van der Waals surface area contributed by atoms with Gasteiger partial charge in [0.25, 0.3) is 5.91 Å². The normalized spacial score (nSPS) is 11.6. The van der Waals surface area contributed by atoms with Gasteiger partial charge in [0.2, 0.25) is 0 Å². The van der Waals surface area contributed by atoms with E-state index in [-0.39, 0.29) is 17.3 Å². The lowest BCUT2D eigenvalue weighted by Gasteiger charge is -2.17. The number of ether oxygens (including phenoxy) is 1. The molecule has 1 rings (SSSR count). The SMILES string of the molecule is Cc1ccc(C(C)C)c(OCC(=O)NCCSC(C)(C)C)c1. The number of carbonyl (C=O) groups excluding carboxylic acids is 1. The summed E-state index contributed by atoms with van der Waals surface area (Å²) >= 11 is 1.84. The molecule has 0 aromatic heterocycles. The zero-order valence-electron chi connectivity index (χ0n) is 14.7. The lowest BCUT2D eigenvalue weighted by molar-refractivity contribution is -0.122. The Bertz CT molecular complexity index is 492. The standard InChI is InChI=1S/C18H29NO2S/c1-13(2)15-8-7-14(3)11-16(15)21-12-17(20)19-9-10-22-18(4,5)6/h7-8,11,13H,9-10,12H2,1-6H3,(H,19,20). The predicted octanol–water partition coefficient (Wildman–Crippen LogP) is 4.15. The summed E-state index contributed by atoms with van der Waals surface area (Å²) in [6, 6.07) is 6.15. The Labute approximate surface area is 139 Å². The van der Waals surface area contributed by atoms with Crippen LogP contribution in [0.15, 0.2) is 18.2 Å². The number of amides is 1. The van der Waals surface area contributed by atoms with E-state index in [1.54, 1.807) is 0 Å². The van der Waals surface area contributed by atoms with Crippen LogP contribution in [0.4, 0.5) is 0 Å². The third kappa shape index (κ3) is 7.21. The molecule has 0 aliphatic heterocycles. The monoisotopic (exact) mass is 323 g/mol. The van der Waals surface area contributed by atoms with E-state index in [9.17, 15) is 4.79 Å². The largest absolute Gasteiger partial charge is 0.483 e. The van der Waals surface area contributed by atoms with Crippen LogP contribution in [-0.2, 0) is 4.79 Å². The molecule has 0 aliphatic rings. The molecule has 0 atom stereocenters. The van der Waals surface area contributed by atoms with Gasteiger partial charge in [-0.2, -0.15) is 11.8 Å². The molecule has 0 spiro atoms. The summed E-state index contributed by atoms with van der Waals surface area (Å²) in [5.74, 6) is 2.04. The number of thioether (sulfide) groups is 1. The molecule has 0 saturated heterocycles.